The zero-order valence-electron chi connectivity index (χ0n) is 20.6. The second kappa shape index (κ2) is 10.6. The molecule has 0 aromatic rings. The molecule has 0 radical (unpaired) electrons. The normalized spacial score (nSPS) is 23.0. The molecule has 0 saturated heterocycles. The van der Waals surface area contributed by atoms with E-state index in [4.69, 9.17) is 8.85 Å². The van der Waals surface area contributed by atoms with Crippen LogP contribution in [0.4, 0.5) is 0 Å². The van der Waals surface area contributed by atoms with Crippen LogP contribution in [-0.2, 0) is 8.85 Å². The molecule has 0 aliphatic heterocycles. The van der Waals surface area contributed by atoms with E-state index in [1.165, 1.54) is 42.3 Å². The van der Waals surface area contributed by atoms with Gasteiger partial charge in [-0.2, -0.15) is 0 Å². The summed E-state index contributed by atoms with van der Waals surface area (Å²) in [5, 5.41) is 0. The Morgan fingerprint density at radius 1 is 1.11 bits per heavy atom. The lowest BCUT2D eigenvalue weighted by Gasteiger charge is -2.47. The van der Waals surface area contributed by atoms with E-state index in [1.807, 2.05) is 0 Å². The zero-order chi connectivity index (χ0) is 21.6. The molecule has 28 heavy (non-hydrogen) atoms. The van der Waals surface area contributed by atoms with Crippen LogP contribution in [0.5, 0.6) is 0 Å². The van der Waals surface area contributed by atoms with Gasteiger partial charge in [0.05, 0.1) is 11.4 Å². The smallest absolute Gasteiger partial charge is 0.250 e. The van der Waals surface area contributed by atoms with E-state index in [-0.39, 0.29) is 5.60 Å². The molecule has 0 saturated carbocycles. The number of rotatable bonds is 11. The summed E-state index contributed by atoms with van der Waals surface area (Å²) < 4.78 is 13.9. The van der Waals surface area contributed by atoms with Gasteiger partial charge in [0, 0.05) is 5.92 Å². The van der Waals surface area contributed by atoms with Crippen LogP contribution < -0.4 is 0 Å². The predicted molar refractivity (Wildman–Crippen MR) is 130 cm³/mol. The van der Waals surface area contributed by atoms with E-state index in [0.29, 0.717) is 11.8 Å². The van der Waals surface area contributed by atoms with Crippen molar-refractivity contribution < 1.29 is 8.85 Å². The van der Waals surface area contributed by atoms with E-state index < -0.39 is 16.6 Å². The molecule has 4 heteroatoms. The second-order valence-corrected chi connectivity index (χ2v) is 19.5. The molecule has 1 rings (SSSR count). The molecule has 1 aliphatic carbocycles. The van der Waals surface area contributed by atoms with E-state index in [9.17, 15) is 0 Å². The first-order chi connectivity index (χ1) is 12.9. The van der Waals surface area contributed by atoms with Crippen molar-refractivity contribution in [1.82, 2.24) is 0 Å². The highest BCUT2D eigenvalue weighted by atomic mass is 28.4. The van der Waals surface area contributed by atoms with Crippen molar-refractivity contribution in [2.24, 2.45) is 11.8 Å². The molecule has 3 atom stereocenters. The third-order valence-corrected chi connectivity index (χ3v) is 12.1. The Kier molecular flexibility index (Phi) is 9.76. The molecule has 0 amide bonds. The van der Waals surface area contributed by atoms with Crippen molar-refractivity contribution in [2.45, 2.75) is 118 Å². The van der Waals surface area contributed by atoms with Gasteiger partial charge in [0.2, 0.25) is 8.32 Å². The first-order valence-electron chi connectivity index (χ1n) is 11.6. The second-order valence-electron chi connectivity index (χ2n) is 10.4. The summed E-state index contributed by atoms with van der Waals surface area (Å²) in [5.74, 6) is 2.27. The van der Waals surface area contributed by atoms with Gasteiger partial charge in [0.25, 0.3) is 0 Å². The Hall–Kier alpha value is -0.326. The predicted octanol–water partition coefficient (Wildman–Crippen LogP) is 8.29. The summed E-state index contributed by atoms with van der Waals surface area (Å²) in [6, 6.07) is 3.59. The first kappa shape index (κ1) is 25.7. The molecular weight excluding hydrogens is 376 g/mol. The lowest BCUT2D eigenvalue weighted by atomic mass is 9.76. The lowest BCUT2D eigenvalue weighted by molar-refractivity contribution is 0.00162. The zero-order valence-corrected chi connectivity index (χ0v) is 22.6. The first-order valence-corrected chi connectivity index (χ1v) is 17.6. The van der Waals surface area contributed by atoms with Gasteiger partial charge in [0.15, 0.2) is 8.32 Å². The van der Waals surface area contributed by atoms with Crippen molar-refractivity contribution >= 4 is 16.6 Å². The Labute approximate surface area is 178 Å². The van der Waals surface area contributed by atoms with Gasteiger partial charge in [-0.15, -0.1) is 0 Å². The van der Waals surface area contributed by atoms with Crippen LogP contribution in [0.2, 0.25) is 37.8 Å². The third-order valence-electron chi connectivity index (χ3n) is 6.44. The fourth-order valence-corrected chi connectivity index (χ4v) is 8.91. The molecule has 0 aromatic carbocycles. The minimum absolute atomic E-state index is 0.141. The van der Waals surface area contributed by atoms with Gasteiger partial charge in [-0.1, -0.05) is 39.3 Å². The summed E-state index contributed by atoms with van der Waals surface area (Å²) in [6.07, 6.45) is 9.39. The fourth-order valence-electron chi connectivity index (χ4n) is 4.62. The quantitative estimate of drug-likeness (QED) is 0.245. The monoisotopic (exact) mass is 424 g/mol. The maximum absolute atomic E-state index is 7.02. The average Bonchev–Trinajstić information content (AvgIpc) is 2.57. The molecule has 0 aromatic heterocycles. The van der Waals surface area contributed by atoms with Crippen molar-refractivity contribution in [3.05, 3.63) is 23.5 Å². The van der Waals surface area contributed by atoms with Gasteiger partial charge in [-0.3, -0.25) is 0 Å². The molecule has 0 unspecified atom stereocenters. The minimum Gasteiger partial charge on any atom is -0.546 e. The molecule has 2 nitrogen and oxygen atoms in total. The molecular formula is C24H48O2Si2. The number of allylic oxidation sites excluding steroid dienone is 3. The maximum atomic E-state index is 7.02. The SMILES string of the molecule is CC[Si](CC)(CC)OC1=C[C@H](C)CC[C@H]1[C@](C)(CCC=C(C)C)O[Si](C)(C)C. The summed E-state index contributed by atoms with van der Waals surface area (Å²) in [6.45, 7) is 23.0. The minimum atomic E-state index is -1.69. The highest BCUT2D eigenvalue weighted by Gasteiger charge is 2.44. The third kappa shape index (κ3) is 7.49. The van der Waals surface area contributed by atoms with Crippen LogP contribution in [0.1, 0.15) is 74.1 Å². The highest BCUT2D eigenvalue weighted by Crippen LogP contribution is 2.44. The standard InChI is InChI=1S/C24H48O2Si2/c1-11-28(12-2,13-3)25-23-19-21(6)16-17-22(23)24(7,26-27(8,9)10)18-14-15-20(4)5/h15,19,21-22H,11-14,16-18H2,1-10H3/t21-,22-,24+/m1/s1. The van der Waals surface area contributed by atoms with Crippen molar-refractivity contribution in [3.63, 3.8) is 0 Å². The van der Waals surface area contributed by atoms with Gasteiger partial charge >= 0.3 is 0 Å². The van der Waals surface area contributed by atoms with Gasteiger partial charge in [0.1, 0.15) is 0 Å². The topological polar surface area (TPSA) is 18.5 Å². The Morgan fingerprint density at radius 3 is 2.14 bits per heavy atom. The van der Waals surface area contributed by atoms with Gasteiger partial charge in [-0.05, 0) is 96.2 Å². The largest absolute Gasteiger partial charge is 0.546 e. The van der Waals surface area contributed by atoms with Gasteiger partial charge in [-0.25, -0.2) is 0 Å². The molecule has 0 spiro atoms. The van der Waals surface area contributed by atoms with Crippen LogP contribution in [-0.4, -0.2) is 22.2 Å². The average molecular weight is 425 g/mol. The van der Waals surface area contributed by atoms with Crippen LogP contribution in [0.3, 0.4) is 0 Å². The summed E-state index contributed by atoms with van der Waals surface area (Å²) in [4.78, 5) is 0. The number of hydrogen-bond donors (Lipinski definition) is 0. The molecule has 0 fully saturated rings. The molecule has 1 aliphatic rings. The fraction of sp³-hybridized carbons (Fsp3) is 0.833. The Bertz CT molecular complexity index is 531. The molecule has 0 bridgehead atoms. The van der Waals surface area contributed by atoms with Gasteiger partial charge < -0.3 is 8.85 Å². The summed E-state index contributed by atoms with van der Waals surface area (Å²) >= 11 is 0. The highest BCUT2D eigenvalue weighted by molar-refractivity contribution is 6.73. The number of hydrogen-bond acceptors (Lipinski definition) is 2. The van der Waals surface area contributed by atoms with Crippen LogP contribution in [0, 0.1) is 11.8 Å². The van der Waals surface area contributed by atoms with Crippen molar-refractivity contribution in [1.29, 1.82) is 0 Å². The lowest BCUT2D eigenvalue weighted by Crippen LogP contribution is -2.49. The molecule has 0 N–H and O–H groups in total. The van der Waals surface area contributed by atoms with Crippen LogP contribution >= 0.6 is 0 Å². The van der Waals surface area contributed by atoms with Crippen molar-refractivity contribution in [3.8, 4) is 0 Å². The molecule has 0 heterocycles. The maximum Gasteiger partial charge on any atom is 0.250 e. The summed E-state index contributed by atoms with van der Waals surface area (Å²) in [7, 11) is -3.36. The van der Waals surface area contributed by atoms with E-state index in [1.54, 1.807) is 0 Å². The molecule has 164 valence electrons. The van der Waals surface area contributed by atoms with Crippen molar-refractivity contribution in [2.75, 3.05) is 0 Å². The van der Waals surface area contributed by atoms with Crippen LogP contribution in [0.25, 0.3) is 0 Å². The van der Waals surface area contributed by atoms with E-state index in [2.05, 4.69) is 80.3 Å². The Morgan fingerprint density at radius 2 is 1.68 bits per heavy atom. The van der Waals surface area contributed by atoms with E-state index in [0.717, 1.165) is 12.8 Å². The van der Waals surface area contributed by atoms with Crippen LogP contribution in [0.15, 0.2) is 23.5 Å². The van der Waals surface area contributed by atoms with E-state index >= 15 is 0 Å². The Balaban J connectivity index is 3.26. The summed E-state index contributed by atoms with van der Waals surface area (Å²) in [5.41, 5.74) is 1.26.